The molecular weight excluding hydrogens is 486 g/mol. The van der Waals surface area contributed by atoms with E-state index in [1.54, 1.807) is 11.0 Å². The van der Waals surface area contributed by atoms with E-state index in [1.165, 1.54) is 11.3 Å². The summed E-state index contributed by atoms with van der Waals surface area (Å²) in [5.41, 5.74) is 3.63. The lowest BCUT2D eigenvalue weighted by molar-refractivity contribution is -0.116. The van der Waals surface area contributed by atoms with Crippen molar-refractivity contribution in [2.75, 3.05) is 54.8 Å². The summed E-state index contributed by atoms with van der Waals surface area (Å²) in [6.07, 6.45) is 0.778. The van der Waals surface area contributed by atoms with Gasteiger partial charge in [-0.05, 0) is 66.8 Å². The van der Waals surface area contributed by atoms with Crippen LogP contribution >= 0.6 is 11.3 Å². The highest BCUT2D eigenvalue weighted by Crippen LogP contribution is 2.20. The molecule has 0 unspecified atom stereocenters. The number of aryl methyl sites for hydroxylation is 1. The number of hydrogen-bond acceptors (Lipinski definition) is 5. The van der Waals surface area contributed by atoms with Crippen LogP contribution in [0.25, 0.3) is 0 Å². The summed E-state index contributed by atoms with van der Waals surface area (Å²) in [6.45, 7) is 7.23. The highest BCUT2D eigenvalue weighted by atomic mass is 32.1. The van der Waals surface area contributed by atoms with Crippen molar-refractivity contribution in [3.8, 4) is 0 Å². The van der Waals surface area contributed by atoms with Crippen molar-refractivity contribution in [3.05, 3.63) is 76.5 Å². The SMILES string of the molecule is CCCN(CC(=O)Nc1ccc(N2CCN(C(=O)Nc3cccc(C)c3)CC2)cc1)C(=O)c1cccs1. The van der Waals surface area contributed by atoms with Crippen LogP contribution in [0.3, 0.4) is 0 Å². The monoisotopic (exact) mass is 519 g/mol. The number of amides is 4. The Balaban J connectivity index is 1.26. The average Bonchev–Trinajstić information content (AvgIpc) is 3.44. The fourth-order valence-corrected chi connectivity index (χ4v) is 4.99. The van der Waals surface area contributed by atoms with Gasteiger partial charge in [0.05, 0.1) is 4.88 Å². The van der Waals surface area contributed by atoms with Crippen LogP contribution in [0.4, 0.5) is 21.9 Å². The molecule has 0 saturated carbocycles. The van der Waals surface area contributed by atoms with Gasteiger partial charge in [0.15, 0.2) is 0 Å². The first-order valence-corrected chi connectivity index (χ1v) is 13.4. The third-order valence-corrected chi connectivity index (χ3v) is 7.06. The molecule has 194 valence electrons. The second-order valence-corrected chi connectivity index (χ2v) is 10.0. The van der Waals surface area contributed by atoms with Gasteiger partial charge in [-0.1, -0.05) is 25.1 Å². The minimum absolute atomic E-state index is 0.0128. The molecule has 0 spiro atoms. The van der Waals surface area contributed by atoms with Crippen LogP contribution < -0.4 is 15.5 Å². The van der Waals surface area contributed by atoms with Gasteiger partial charge in [-0.3, -0.25) is 9.59 Å². The Hall–Kier alpha value is -3.85. The fourth-order valence-electron chi connectivity index (χ4n) is 4.30. The van der Waals surface area contributed by atoms with E-state index < -0.39 is 0 Å². The van der Waals surface area contributed by atoms with Crippen molar-refractivity contribution in [2.24, 2.45) is 0 Å². The van der Waals surface area contributed by atoms with E-state index in [4.69, 9.17) is 0 Å². The highest BCUT2D eigenvalue weighted by Gasteiger charge is 2.22. The molecule has 1 aromatic heterocycles. The molecule has 0 bridgehead atoms. The minimum Gasteiger partial charge on any atom is -0.368 e. The van der Waals surface area contributed by atoms with Gasteiger partial charge in [0.1, 0.15) is 6.54 Å². The zero-order valence-corrected chi connectivity index (χ0v) is 22.1. The Labute approximate surface area is 221 Å². The Morgan fingerprint density at radius 1 is 0.919 bits per heavy atom. The first kappa shape index (κ1) is 26.2. The topological polar surface area (TPSA) is 85.0 Å². The van der Waals surface area contributed by atoms with E-state index in [9.17, 15) is 14.4 Å². The predicted octanol–water partition coefficient (Wildman–Crippen LogP) is 4.90. The van der Waals surface area contributed by atoms with Crippen molar-refractivity contribution in [1.29, 1.82) is 0 Å². The van der Waals surface area contributed by atoms with Crippen molar-refractivity contribution in [3.63, 3.8) is 0 Å². The number of benzene rings is 2. The molecule has 4 rings (SSSR count). The summed E-state index contributed by atoms with van der Waals surface area (Å²) >= 11 is 1.38. The van der Waals surface area contributed by atoms with E-state index in [-0.39, 0.29) is 24.4 Å². The van der Waals surface area contributed by atoms with Gasteiger partial charge in [0.25, 0.3) is 5.91 Å². The Morgan fingerprint density at radius 2 is 1.68 bits per heavy atom. The molecular formula is C28H33N5O3S. The first-order chi connectivity index (χ1) is 17.9. The number of anilines is 3. The molecule has 2 aromatic carbocycles. The number of nitrogens with one attached hydrogen (secondary N) is 2. The van der Waals surface area contributed by atoms with Crippen LogP contribution in [0.1, 0.15) is 28.6 Å². The van der Waals surface area contributed by atoms with Gasteiger partial charge in [-0.2, -0.15) is 0 Å². The summed E-state index contributed by atoms with van der Waals surface area (Å²) in [7, 11) is 0. The van der Waals surface area contributed by atoms with E-state index in [0.29, 0.717) is 30.2 Å². The number of thiophene rings is 1. The van der Waals surface area contributed by atoms with Crippen LogP contribution in [-0.4, -0.2) is 66.9 Å². The summed E-state index contributed by atoms with van der Waals surface area (Å²) < 4.78 is 0. The van der Waals surface area contributed by atoms with Gasteiger partial charge in [0, 0.05) is 49.8 Å². The number of piperazine rings is 1. The van der Waals surface area contributed by atoms with E-state index >= 15 is 0 Å². The molecule has 37 heavy (non-hydrogen) atoms. The van der Waals surface area contributed by atoms with Crippen molar-refractivity contribution >= 4 is 46.2 Å². The molecule has 8 nitrogen and oxygen atoms in total. The van der Waals surface area contributed by atoms with Crippen LogP contribution in [0, 0.1) is 6.92 Å². The number of urea groups is 1. The molecule has 4 amide bonds. The molecule has 1 fully saturated rings. The Kier molecular flexibility index (Phi) is 8.79. The second kappa shape index (κ2) is 12.4. The van der Waals surface area contributed by atoms with Crippen LogP contribution in [0.2, 0.25) is 0 Å². The van der Waals surface area contributed by atoms with E-state index in [0.717, 1.165) is 36.4 Å². The number of carbonyl (C=O) groups excluding carboxylic acids is 3. The van der Waals surface area contributed by atoms with Crippen LogP contribution in [0.5, 0.6) is 0 Å². The third kappa shape index (κ3) is 7.10. The summed E-state index contributed by atoms with van der Waals surface area (Å²) in [4.78, 5) is 44.3. The molecule has 1 aliphatic heterocycles. The maximum atomic E-state index is 12.7. The summed E-state index contributed by atoms with van der Waals surface area (Å²) in [5.74, 6) is -0.339. The first-order valence-electron chi connectivity index (χ1n) is 12.5. The van der Waals surface area contributed by atoms with Gasteiger partial charge >= 0.3 is 6.03 Å². The van der Waals surface area contributed by atoms with Gasteiger partial charge < -0.3 is 25.3 Å². The largest absolute Gasteiger partial charge is 0.368 e. The third-order valence-electron chi connectivity index (χ3n) is 6.20. The Morgan fingerprint density at radius 3 is 2.32 bits per heavy atom. The molecule has 1 aliphatic rings. The molecule has 9 heteroatoms. The normalized spacial score (nSPS) is 13.2. The van der Waals surface area contributed by atoms with Crippen molar-refractivity contribution in [2.45, 2.75) is 20.3 Å². The van der Waals surface area contributed by atoms with Crippen LogP contribution in [-0.2, 0) is 4.79 Å². The van der Waals surface area contributed by atoms with Crippen molar-refractivity contribution < 1.29 is 14.4 Å². The minimum atomic E-state index is -0.223. The maximum Gasteiger partial charge on any atom is 0.321 e. The second-order valence-electron chi connectivity index (χ2n) is 9.07. The lowest BCUT2D eigenvalue weighted by Crippen LogP contribution is -2.50. The lowest BCUT2D eigenvalue weighted by atomic mass is 10.2. The fraction of sp³-hybridized carbons (Fsp3) is 0.321. The van der Waals surface area contributed by atoms with Crippen LogP contribution in [0.15, 0.2) is 66.0 Å². The Bertz CT molecular complexity index is 1200. The van der Waals surface area contributed by atoms with E-state index in [2.05, 4.69) is 15.5 Å². The van der Waals surface area contributed by atoms with Gasteiger partial charge in [-0.15, -0.1) is 11.3 Å². The van der Waals surface area contributed by atoms with Gasteiger partial charge in [-0.25, -0.2) is 4.79 Å². The number of nitrogens with zero attached hydrogens (tertiary/aromatic N) is 3. The quantitative estimate of drug-likeness (QED) is 0.443. The smallest absolute Gasteiger partial charge is 0.321 e. The van der Waals surface area contributed by atoms with Crippen molar-refractivity contribution in [1.82, 2.24) is 9.80 Å². The standard InChI is InChI=1S/C28H33N5O3S/c1-3-13-33(27(35)25-8-5-18-37-25)20-26(34)29-22-9-11-24(12-10-22)31-14-16-32(17-15-31)28(36)30-23-7-4-6-21(2)19-23/h4-12,18-19H,3,13-17,20H2,1-2H3,(H,29,34)(H,30,36). The molecule has 2 N–H and O–H groups in total. The molecule has 1 saturated heterocycles. The molecule has 0 radical (unpaired) electrons. The molecule has 0 atom stereocenters. The zero-order chi connectivity index (χ0) is 26.2. The van der Waals surface area contributed by atoms with E-state index in [1.807, 2.05) is 78.7 Å². The number of carbonyl (C=O) groups is 3. The molecule has 0 aliphatic carbocycles. The zero-order valence-electron chi connectivity index (χ0n) is 21.3. The lowest BCUT2D eigenvalue weighted by Gasteiger charge is -2.36. The highest BCUT2D eigenvalue weighted by molar-refractivity contribution is 7.12. The predicted molar refractivity (Wildman–Crippen MR) is 150 cm³/mol. The van der Waals surface area contributed by atoms with Gasteiger partial charge in [0.2, 0.25) is 5.91 Å². The maximum absolute atomic E-state index is 12.7. The molecule has 2 heterocycles. The molecule has 3 aromatic rings. The average molecular weight is 520 g/mol. The summed E-state index contributed by atoms with van der Waals surface area (Å²) in [5, 5.41) is 7.73. The summed E-state index contributed by atoms with van der Waals surface area (Å²) in [6, 6.07) is 19.0. The number of hydrogen-bond donors (Lipinski definition) is 2. The number of rotatable bonds is 8.